The smallest absolute Gasteiger partial charge is 0.361 e. The summed E-state index contributed by atoms with van der Waals surface area (Å²) in [5.41, 5.74) is 8.02. The average Bonchev–Trinajstić information content (AvgIpc) is 3.07. The number of ether oxygens (including phenoxy) is 2. The number of nitrogens with one attached hydrogen (secondary N) is 2. The molecule has 5 aromatic rings. The normalized spacial score (nSPS) is 10.7. The Hall–Kier alpha value is -5.50. The summed E-state index contributed by atoms with van der Waals surface area (Å²) in [7, 11) is 0. The zero-order valence-corrected chi connectivity index (χ0v) is 26.6. The minimum absolute atomic E-state index is 0.0410. The highest BCUT2D eigenvalue weighted by Crippen LogP contribution is 2.23. The fourth-order valence-electron chi connectivity index (χ4n) is 4.55. The molecule has 4 aromatic carbocycles. The summed E-state index contributed by atoms with van der Waals surface area (Å²) in [5.74, 6) is -1.09. The molecule has 0 unspecified atom stereocenters. The van der Waals surface area contributed by atoms with E-state index in [9.17, 15) is 9.59 Å². The van der Waals surface area contributed by atoms with Crippen LogP contribution in [0, 0.1) is 27.7 Å². The standard InChI is InChI=1S/C38H38N4O4/c1-25-5-13-29(14-6-25)21-39-35-33(37(43)45-23-31-17-9-27(3)10-18-31)42-36(40-22-30-15-7-26(2)8-16-30)34(41-35)38(44)46-24-32-19-11-28(4)12-20-32/h5-20H,21-24H2,1-4H3,(H,39,41)(H,40,42). The van der Waals surface area contributed by atoms with Crippen LogP contribution in [0.3, 0.4) is 0 Å². The van der Waals surface area contributed by atoms with Crippen LogP contribution in [0.4, 0.5) is 11.6 Å². The molecule has 1 heterocycles. The fourth-order valence-corrected chi connectivity index (χ4v) is 4.55. The first-order valence-electron chi connectivity index (χ1n) is 15.2. The Morgan fingerprint density at radius 1 is 0.478 bits per heavy atom. The Labute approximate surface area is 269 Å². The van der Waals surface area contributed by atoms with Crippen LogP contribution in [0.25, 0.3) is 0 Å². The van der Waals surface area contributed by atoms with Gasteiger partial charge in [-0.15, -0.1) is 0 Å². The third kappa shape index (κ3) is 8.79. The second kappa shape index (κ2) is 15.0. The van der Waals surface area contributed by atoms with Crippen LogP contribution in [0.15, 0.2) is 97.1 Å². The number of aryl methyl sites for hydroxylation is 4. The summed E-state index contributed by atoms with van der Waals surface area (Å²) in [5, 5.41) is 6.42. The lowest BCUT2D eigenvalue weighted by Crippen LogP contribution is -2.20. The number of aromatic nitrogens is 2. The van der Waals surface area contributed by atoms with Gasteiger partial charge in [0, 0.05) is 13.1 Å². The molecule has 234 valence electrons. The van der Waals surface area contributed by atoms with Crippen LogP contribution < -0.4 is 10.6 Å². The Balaban J connectivity index is 1.47. The summed E-state index contributed by atoms with van der Waals surface area (Å²) in [6.07, 6.45) is 0. The lowest BCUT2D eigenvalue weighted by atomic mass is 10.1. The van der Waals surface area contributed by atoms with Gasteiger partial charge >= 0.3 is 11.9 Å². The van der Waals surface area contributed by atoms with E-state index >= 15 is 0 Å². The maximum Gasteiger partial charge on any atom is 0.361 e. The molecule has 0 atom stereocenters. The van der Waals surface area contributed by atoms with Gasteiger partial charge in [-0.1, -0.05) is 119 Å². The highest BCUT2D eigenvalue weighted by molar-refractivity contribution is 5.97. The first kappa shape index (κ1) is 31.9. The van der Waals surface area contributed by atoms with Gasteiger partial charge in [0.25, 0.3) is 0 Å². The summed E-state index contributed by atoms with van der Waals surface area (Å²) in [6.45, 7) is 8.84. The second-order valence-electron chi connectivity index (χ2n) is 11.4. The Morgan fingerprint density at radius 3 is 1.07 bits per heavy atom. The van der Waals surface area contributed by atoms with Crippen molar-refractivity contribution >= 4 is 23.6 Å². The number of hydrogen-bond donors (Lipinski definition) is 2. The third-order valence-electron chi connectivity index (χ3n) is 7.42. The van der Waals surface area contributed by atoms with Gasteiger partial charge in [-0.25, -0.2) is 19.6 Å². The van der Waals surface area contributed by atoms with E-state index in [2.05, 4.69) is 20.6 Å². The van der Waals surface area contributed by atoms with Crippen molar-refractivity contribution in [2.24, 2.45) is 0 Å². The van der Waals surface area contributed by atoms with Gasteiger partial charge in [-0.3, -0.25) is 0 Å². The molecule has 0 bridgehead atoms. The molecule has 5 rings (SSSR count). The van der Waals surface area contributed by atoms with Crippen molar-refractivity contribution in [3.8, 4) is 0 Å². The van der Waals surface area contributed by atoms with Crippen molar-refractivity contribution in [2.45, 2.75) is 54.0 Å². The first-order chi connectivity index (χ1) is 22.2. The molecule has 46 heavy (non-hydrogen) atoms. The van der Waals surface area contributed by atoms with Crippen LogP contribution in [0.1, 0.15) is 65.5 Å². The number of carbonyl (C=O) groups excluding carboxylic acids is 2. The van der Waals surface area contributed by atoms with Crippen molar-refractivity contribution in [3.05, 3.63) is 153 Å². The number of carbonyl (C=O) groups is 2. The first-order valence-corrected chi connectivity index (χ1v) is 15.2. The highest BCUT2D eigenvalue weighted by atomic mass is 16.5. The van der Waals surface area contributed by atoms with Crippen molar-refractivity contribution in [2.75, 3.05) is 10.6 Å². The predicted molar refractivity (Wildman–Crippen MR) is 180 cm³/mol. The minimum Gasteiger partial charge on any atom is -0.456 e. The van der Waals surface area contributed by atoms with E-state index in [0.29, 0.717) is 13.1 Å². The van der Waals surface area contributed by atoms with E-state index in [0.717, 1.165) is 44.5 Å². The van der Waals surface area contributed by atoms with Crippen LogP contribution in [0.5, 0.6) is 0 Å². The molecule has 1 aromatic heterocycles. The molecule has 8 heteroatoms. The van der Waals surface area contributed by atoms with Gasteiger partial charge in [0.2, 0.25) is 0 Å². The van der Waals surface area contributed by atoms with Crippen molar-refractivity contribution < 1.29 is 19.1 Å². The number of nitrogens with zero attached hydrogens (tertiary/aromatic N) is 2. The number of anilines is 2. The molecular formula is C38H38N4O4. The molecule has 0 aliphatic heterocycles. The van der Waals surface area contributed by atoms with Crippen molar-refractivity contribution in [1.82, 2.24) is 9.97 Å². The quantitative estimate of drug-likeness (QED) is 0.138. The molecule has 0 spiro atoms. The molecule has 2 N–H and O–H groups in total. The maximum absolute atomic E-state index is 13.5. The highest BCUT2D eigenvalue weighted by Gasteiger charge is 2.25. The van der Waals surface area contributed by atoms with Gasteiger partial charge in [-0.05, 0) is 49.9 Å². The molecule has 0 aliphatic rings. The average molecular weight is 615 g/mol. The zero-order valence-electron chi connectivity index (χ0n) is 26.6. The zero-order chi connectivity index (χ0) is 32.5. The number of esters is 2. The van der Waals surface area contributed by atoms with Crippen LogP contribution in [0.2, 0.25) is 0 Å². The van der Waals surface area contributed by atoms with Gasteiger partial charge in [0.1, 0.15) is 13.2 Å². The molecule has 0 saturated heterocycles. The molecule has 8 nitrogen and oxygen atoms in total. The van der Waals surface area contributed by atoms with Crippen molar-refractivity contribution in [1.29, 1.82) is 0 Å². The molecular weight excluding hydrogens is 576 g/mol. The van der Waals surface area contributed by atoms with E-state index in [1.165, 1.54) is 0 Å². The SMILES string of the molecule is Cc1ccc(CNc2nc(C(=O)OCc3ccc(C)cc3)c(NCc3ccc(C)cc3)nc2C(=O)OCc2ccc(C)cc2)cc1. The second-order valence-corrected chi connectivity index (χ2v) is 11.4. The number of benzene rings is 4. The summed E-state index contributed by atoms with van der Waals surface area (Å²) in [6, 6.07) is 31.4. The van der Waals surface area contributed by atoms with E-state index in [1.54, 1.807) is 0 Å². The molecule has 0 aliphatic carbocycles. The van der Waals surface area contributed by atoms with Crippen molar-refractivity contribution in [3.63, 3.8) is 0 Å². The Morgan fingerprint density at radius 2 is 0.761 bits per heavy atom. The van der Waals surface area contributed by atoms with Gasteiger partial charge in [0.15, 0.2) is 23.0 Å². The van der Waals surface area contributed by atoms with E-state index in [1.807, 2.05) is 125 Å². The maximum atomic E-state index is 13.5. The minimum atomic E-state index is -0.669. The molecule has 0 amide bonds. The third-order valence-corrected chi connectivity index (χ3v) is 7.42. The van der Waals surface area contributed by atoms with E-state index in [4.69, 9.17) is 9.47 Å². The van der Waals surface area contributed by atoms with Crippen LogP contribution in [-0.2, 0) is 35.8 Å². The van der Waals surface area contributed by atoms with Gasteiger partial charge in [0.05, 0.1) is 0 Å². The number of hydrogen-bond acceptors (Lipinski definition) is 8. The fraction of sp³-hybridized carbons (Fsp3) is 0.211. The summed E-state index contributed by atoms with van der Waals surface area (Å²) >= 11 is 0. The largest absolute Gasteiger partial charge is 0.456 e. The summed E-state index contributed by atoms with van der Waals surface area (Å²) in [4.78, 5) is 36.3. The van der Waals surface area contributed by atoms with E-state index < -0.39 is 11.9 Å². The van der Waals surface area contributed by atoms with Crippen LogP contribution >= 0.6 is 0 Å². The molecule has 0 saturated carbocycles. The van der Waals surface area contributed by atoms with E-state index in [-0.39, 0.29) is 36.2 Å². The van der Waals surface area contributed by atoms with Gasteiger partial charge in [-0.2, -0.15) is 0 Å². The summed E-state index contributed by atoms with van der Waals surface area (Å²) < 4.78 is 11.4. The predicted octanol–water partition coefficient (Wildman–Crippen LogP) is 7.65. The Kier molecular flexibility index (Phi) is 10.4. The van der Waals surface area contributed by atoms with Crippen LogP contribution in [-0.4, -0.2) is 21.9 Å². The Bertz CT molecular complexity index is 1650. The topological polar surface area (TPSA) is 102 Å². The number of rotatable bonds is 12. The lowest BCUT2D eigenvalue weighted by Gasteiger charge is -2.16. The molecule has 0 radical (unpaired) electrons. The van der Waals surface area contributed by atoms with Gasteiger partial charge < -0.3 is 20.1 Å². The lowest BCUT2D eigenvalue weighted by molar-refractivity contribution is 0.0449. The monoisotopic (exact) mass is 614 g/mol. The molecule has 0 fully saturated rings.